The van der Waals surface area contributed by atoms with Gasteiger partial charge in [0.15, 0.2) is 6.10 Å². The monoisotopic (exact) mass is 961 g/mol. The van der Waals surface area contributed by atoms with Crippen LogP contribution in [-0.2, 0) is 28.6 Å². The maximum absolute atomic E-state index is 12.9. The number of rotatable bonds is 55. The van der Waals surface area contributed by atoms with Gasteiger partial charge in [-0.05, 0) is 37.0 Å². The fourth-order valence-corrected chi connectivity index (χ4v) is 9.47. The zero-order valence-corrected chi connectivity index (χ0v) is 46.9. The van der Waals surface area contributed by atoms with Crippen molar-refractivity contribution in [3.63, 3.8) is 0 Å². The van der Waals surface area contributed by atoms with Gasteiger partial charge in [-0.15, -0.1) is 0 Å². The van der Waals surface area contributed by atoms with E-state index in [2.05, 4.69) is 41.5 Å². The number of hydrogen-bond donors (Lipinski definition) is 0. The molecule has 0 fully saturated rings. The molecule has 0 N–H and O–H groups in total. The molecule has 0 saturated carbocycles. The van der Waals surface area contributed by atoms with E-state index in [1.165, 1.54) is 225 Å². The first kappa shape index (κ1) is 66.4. The second kappa shape index (κ2) is 53.2. The molecule has 2 unspecified atom stereocenters. The van der Waals surface area contributed by atoms with Crippen molar-refractivity contribution in [3.05, 3.63) is 0 Å². The molecule has 0 aromatic heterocycles. The van der Waals surface area contributed by atoms with Gasteiger partial charge in [0.2, 0.25) is 0 Å². The van der Waals surface area contributed by atoms with Crippen LogP contribution in [-0.4, -0.2) is 37.2 Å². The van der Waals surface area contributed by atoms with Crippen molar-refractivity contribution in [2.45, 2.75) is 349 Å². The van der Waals surface area contributed by atoms with Gasteiger partial charge in [0, 0.05) is 19.3 Å². The van der Waals surface area contributed by atoms with Gasteiger partial charge in [-0.25, -0.2) is 0 Å². The van der Waals surface area contributed by atoms with Crippen molar-refractivity contribution in [2.75, 3.05) is 13.2 Å². The van der Waals surface area contributed by atoms with Crippen LogP contribution in [0.2, 0.25) is 0 Å². The van der Waals surface area contributed by atoms with Crippen LogP contribution < -0.4 is 0 Å². The van der Waals surface area contributed by atoms with Gasteiger partial charge in [0.1, 0.15) is 13.2 Å². The maximum Gasteiger partial charge on any atom is 0.306 e. The lowest BCUT2D eigenvalue weighted by atomic mass is 9.99. The zero-order valence-electron chi connectivity index (χ0n) is 46.9. The first-order valence-corrected chi connectivity index (χ1v) is 30.7. The topological polar surface area (TPSA) is 78.9 Å². The molecule has 3 atom stereocenters. The van der Waals surface area contributed by atoms with Crippen molar-refractivity contribution < 1.29 is 28.6 Å². The largest absolute Gasteiger partial charge is 0.462 e. The van der Waals surface area contributed by atoms with Crippen LogP contribution in [0.3, 0.4) is 0 Å². The molecule has 0 bridgehead atoms. The molecule has 0 heterocycles. The molecule has 0 rings (SSSR count). The molecule has 0 aliphatic heterocycles. The molecule has 6 nitrogen and oxygen atoms in total. The van der Waals surface area contributed by atoms with Crippen LogP contribution in [0, 0.1) is 17.8 Å². The number of hydrogen-bond acceptors (Lipinski definition) is 6. The zero-order chi connectivity index (χ0) is 49.8. The third-order valence-electron chi connectivity index (χ3n) is 14.9. The van der Waals surface area contributed by atoms with Gasteiger partial charge in [-0.1, -0.05) is 305 Å². The minimum absolute atomic E-state index is 0.0635. The Morgan fingerprint density at radius 3 is 0.765 bits per heavy atom. The van der Waals surface area contributed by atoms with Crippen LogP contribution in [0.5, 0.6) is 0 Å². The van der Waals surface area contributed by atoms with E-state index in [1.54, 1.807) is 0 Å². The number of unbranched alkanes of at least 4 members (excludes halogenated alkanes) is 36. The highest BCUT2D eigenvalue weighted by atomic mass is 16.6. The molecule has 0 aromatic carbocycles. The Labute approximate surface area is 425 Å². The fourth-order valence-electron chi connectivity index (χ4n) is 9.47. The van der Waals surface area contributed by atoms with Gasteiger partial charge < -0.3 is 14.2 Å². The lowest BCUT2D eigenvalue weighted by molar-refractivity contribution is -0.167. The Hall–Kier alpha value is -1.59. The first-order valence-electron chi connectivity index (χ1n) is 30.7. The third-order valence-corrected chi connectivity index (χ3v) is 14.9. The maximum atomic E-state index is 12.9. The number of carbonyl (C=O) groups is 3. The van der Waals surface area contributed by atoms with E-state index < -0.39 is 6.10 Å². The summed E-state index contributed by atoms with van der Waals surface area (Å²) in [4.78, 5) is 38.2. The lowest BCUT2D eigenvalue weighted by Crippen LogP contribution is -2.30. The smallest absolute Gasteiger partial charge is 0.306 e. The molecule has 68 heavy (non-hydrogen) atoms. The molecule has 0 aliphatic rings. The molecule has 404 valence electrons. The van der Waals surface area contributed by atoms with E-state index in [0.717, 1.165) is 75.5 Å². The van der Waals surface area contributed by atoms with Gasteiger partial charge in [-0.2, -0.15) is 0 Å². The summed E-state index contributed by atoms with van der Waals surface area (Å²) in [7, 11) is 0. The van der Waals surface area contributed by atoms with Crippen molar-refractivity contribution >= 4 is 17.9 Å². The predicted octanol–water partition coefficient (Wildman–Crippen LogP) is 20.3. The standard InChI is InChI=1S/C62H120O6/c1-7-57(5)49-43-37-31-25-19-15-13-11-9-10-12-14-16-20-29-35-41-47-53-62(65)68-59(54-66-60(63)51-45-39-33-27-21-17-18-24-30-36-42-48-56(3)4)55-67-61(64)52-46-40-34-28-23-22-26-32-38-44-50-58(6)8-2/h56-59H,7-55H2,1-6H3/t57?,58?,59-/m1/s1. The van der Waals surface area contributed by atoms with Crippen molar-refractivity contribution in [2.24, 2.45) is 17.8 Å². The van der Waals surface area contributed by atoms with Crippen molar-refractivity contribution in [3.8, 4) is 0 Å². The summed E-state index contributed by atoms with van der Waals surface area (Å²) in [5.41, 5.74) is 0. The Kier molecular flexibility index (Phi) is 52.0. The normalized spacial score (nSPS) is 12.9. The van der Waals surface area contributed by atoms with Crippen LogP contribution in [0.4, 0.5) is 0 Å². The molecule has 0 aromatic rings. The highest BCUT2D eigenvalue weighted by molar-refractivity contribution is 5.71. The lowest BCUT2D eigenvalue weighted by Gasteiger charge is -2.18. The molecule has 0 saturated heterocycles. The minimum Gasteiger partial charge on any atom is -0.462 e. The van der Waals surface area contributed by atoms with Crippen molar-refractivity contribution in [1.29, 1.82) is 0 Å². The van der Waals surface area contributed by atoms with E-state index in [0.29, 0.717) is 19.3 Å². The summed E-state index contributed by atoms with van der Waals surface area (Å²) >= 11 is 0. The molecule has 0 aliphatic carbocycles. The Morgan fingerprint density at radius 1 is 0.294 bits per heavy atom. The van der Waals surface area contributed by atoms with Gasteiger partial charge in [0.05, 0.1) is 0 Å². The number of ether oxygens (including phenoxy) is 3. The highest BCUT2D eigenvalue weighted by Crippen LogP contribution is 2.19. The van der Waals surface area contributed by atoms with E-state index >= 15 is 0 Å². The van der Waals surface area contributed by atoms with E-state index in [-0.39, 0.29) is 31.1 Å². The van der Waals surface area contributed by atoms with Crippen LogP contribution in [0.25, 0.3) is 0 Å². The van der Waals surface area contributed by atoms with E-state index in [4.69, 9.17) is 14.2 Å². The summed E-state index contributed by atoms with van der Waals surface area (Å²) in [6.45, 7) is 13.8. The quantitative estimate of drug-likeness (QED) is 0.0343. The SMILES string of the molecule is CCC(C)CCCCCCCCCCCCCCCCCCCCC(=O)O[C@H](COC(=O)CCCCCCCCCCCCCC(C)C)COC(=O)CCCCCCCCCCCCC(C)CC. The van der Waals surface area contributed by atoms with Gasteiger partial charge >= 0.3 is 17.9 Å². The Balaban J connectivity index is 4.27. The average molecular weight is 962 g/mol. The molecule has 0 amide bonds. The van der Waals surface area contributed by atoms with E-state index in [1.807, 2.05) is 0 Å². The summed E-state index contributed by atoms with van der Waals surface area (Å²) < 4.78 is 16.9. The van der Waals surface area contributed by atoms with Crippen LogP contribution in [0.1, 0.15) is 343 Å². The van der Waals surface area contributed by atoms with E-state index in [9.17, 15) is 14.4 Å². The van der Waals surface area contributed by atoms with Crippen LogP contribution in [0.15, 0.2) is 0 Å². The summed E-state index contributed by atoms with van der Waals surface area (Å²) in [5, 5.41) is 0. The molecular formula is C62H120O6. The molecule has 0 spiro atoms. The molecule has 0 radical (unpaired) electrons. The third kappa shape index (κ3) is 52.2. The predicted molar refractivity (Wildman–Crippen MR) is 293 cm³/mol. The fraction of sp³-hybridized carbons (Fsp3) is 0.952. The molecular weight excluding hydrogens is 841 g/mol. The Morgan fingerprint density at radius 2 is 0.515 bits per heavy atom. The summed E-state index contributed by atoms with van der Waals surface area (Å²) in [5.74, 6) is 1.76. The second-order valence-corrected chi connectivity index (χ2v) is 22.3. The summed E-state index contributed by atoms with van der Waals surface area (Å²) in [6.07, 6.45) is 56.6. The average Bonchev–Trinajstić information content (AvgIpc) is 3.33. The minimum atomic E-state index is -0.764. The van der Waals surface area contributed by atoms with Gasteiger partial charge in [-0.3, -0.25) is 14.4 Å². The summed E-state index contributed by atoms with van der Waals surface area (Å²) in [6, 6.07) is 0. The molecule has 6 heteroatoms. The second-order valence-electron chi connectivity index (χ2n) is 22.3. The van der Waals surface area contributed by atoms with Crippen LogP contribution >= 0.6 is 0 Å². The number of carbonyl (C=O) groups excluding carboxylic acids is 3. The van der Waals surface area contributed by atoms with Gasteiger partial charge in [0.25, 0.3) is 0 Å². The number of esters is 3. The highest BCUT2D eigenvalue weighted by Gasteiger charge is 2.19. The Bertz CT molecular complexity index is 1060. The first-order chi connectivity index (χ1) is 33.2. The van der Waals surface area contributed by atoms with Crippen molar-refractivity contribution in [1.82, 2.24) is 0 Å².